The fourth-order valence-electron chi connectivity index (χ4n) is 2.58. The molecule has 0 aromatic heterocycles. The smallest absolute Gasteiger partial charge is 0.306 e. The van der Waals surface area contributed by atoms with Crippen LogP contribution >= 0.6 is 0 Å². The lowest BCUT2D eigenvalue weighted by Crippen LogP contribution is -2.22. The molecule has 1 aromatic carbocycles. The van der Waals surface area contributed by atoms with Crippen LogP contribution in [-0.4, -0.2) is 28.8 Å². The van der Waals surface area contributed by atoms with Gasteiger partial charge < -0.3 is 5.11 Å². The third-order valence-electron chi connectivity index (χ3n) is 3.90. The van der Waals surface area contributed by atoms with E-state index in [1.807, 2.05) is 0 Å². The van der Waals surface area contributed by atoms with E-state index in [-0.39, 0.29) is 11.6 Å². The van der Waals surface area contributed by atoms with Crippen molar-refractivity contribution in [3.8, 4) is 0 Å². The summed E-state index contributed by atoms with van der Waals surface area (Å²) in [5.74, 6) is -0.447. The first-order chi connectivity index (χ1) is 10.1. The lowest BCUT2D eigenvalue weighted by Gasteiger charge is -2.24. The standard InChI is InChI=1S/C15H18N2O4/c18-15(19)13-5-1-11(2-6-13)9-16-10-12-3-7-14(8-4-12)17(20)21/h3-4,7-8,10-11,13H,1-2,5-6,9H2,(H,18,19). The van der Waals surface area contributed by atoms with Gasteiger partial charge in [-0.15, -0.1) is 0 Å². The molecule has 112 valence electrons. The molecule has 0 saturated heterocycles. The minimum absolute atomic E-state index is 0.0687. The van der Waals surface area contributed by atoms with Gasteiger partial charge in [0.1, 0.15) is 0 Å². The number of rotatable bonds is 5. The highest BCUT2D eigenvalue weighted by atomic mass is 16.6. The lowest BCUT2D eigenvalue weighted by molar-refractivity contribution is -0.384. The van der Waals surface area contributed by atoms with Gasteiger partial charge in [-0.2, -0.15) is 0 Å². The quantitative estimate of drug-likeness (QED) is 0.512. The van der Waals surface area contributed by atoms with Gasteiger partial charge in [-0.05, 0) is 49.3 Å². The van der Waals surface area contributed by atoms with Crippen LogP contribution in [0.1, 0.15) is 31.2 Å². The van der Waals surface area contributed by atoms with E-state index in [1.165, 1.54) is 12.1 Å². The largest absolute Gasteiger partial charge is 0.481 e. The Hall–Kier alpha value is -2.24. The van der Waals surface area contributed by atoms with Crippen LogP contribution in [0.3, 0.4) is 0 Å². The molecule has 0 amide bonds. The van der Waals surface area contributed by atoms with E-state index in [0.29, 0.717) is 12.5 Å². The van der Waals surface area contributed by atoms with Gasteiger partial charge in [-0.25, -0.2) is 0 Å². The molecule has 0 radical (unpaired) electrons. The normalized spacial score (nSPS) is 22.3. The van der Waals surface area contributed by atoms with Gasteiger partial charge in [0.2, 0.25) is 0 Å². The van der Waals surface area contributed by atoms with Gasteiger partial charge in [0.25, 0.3) is 5.69 Å². The second-order valence-corrected chi connectivity index (χ2v) is 5.40. The highest BCUT2D eigenvalue weighted by Gasteiger charge is 2.25. The average molecular weight is 290 g/mol. The molecule has 0 heterocycles. The van der Waals surface area contributed by atoms with Crippen molar-refractivity contribution in [2.24, 2.45) is 16.8 Å². The van der Waals surface area contributed by atoms with Crippen molar-refractivity contribution in [2.75, 3.05) is 6.54 Å². The summed E-state index contributed by atoms with van der Waals surface area (Å²) < 4.78 is 0. The molecule has 0 bridgehead atoms. The molecule has 1 aliphatic rings. The van der Waals surface area contributed by atoms with Crippen molar-refractivity contribution >= 4 is 17.9 Å². The average Bonchev–Trinajstić information content (AvgIpc) is 2.48. The Labute approximate surface area is 122 Å². The lowest BCUT2D eigenvalue weighted by atomic mass is 9.82. The molecule has 1 fully saturated rings. The molecular formula is C15H18N2O4. The maximum atomic E-state index is 10.9. The first-order valence-corrected chi connectivity index (χ1v) is 7.03. The Morgan fingerprint density at radius 1 is 1.29 bits per heavy atom. The van der Waals surface area contributed by atoms with Gasteiger partial charge in [0.15, 0.2) is 0 Å². The van der Waals surface area contributed by atoms with Crippen LogP contribution < -0.4 is 0 Å². The molecule has 6 heteroatoms. The zero-order valence-corrected chi connectivity index (χ0v) is 11.6. The maximum absolute atomic E-state index is 10.9. The maximum Gasteiger partial charge on any atom is 0.306 e. The molecule has 2 rings (SSSR count). The third kappa shape index (κ3) is 4.37. The van der Waals surface area contributed by atoms with Crippen LogP contribution in [0.4, 0.5) is 5.69 Å². The number of non-ortho nitro benzene ring substituents is 1. The molecule has 6 nitrogen and oxygen atoms in total. The zero-order valence-electron chi connectivity index (χ0n) is 11.6. The van der Waals surface area contributed by atoms with Crippen LogP contribution in [0.25, 0.3) is 0 Å². The molecular weight excluding hydrogens is 272 g/mol. The molecule has 0 spiro atoms. The molecule has 0 unspecified atom stereocenters. The number of hydrogen-bond acceptors (Lipinski definition) is 4. The molecule has 0 aliphatic heterocycles. The van der Waals surface area contributed by atoms with Crippen molar-refractivity contribution in [3.05, 3.63) is 39.9 Å². The Kier molecular flexibility index (Phi) is 5.03. The van der Waals surface area contributed by atoms with Crippen molar-refractivity contribution < 1.29 is 14.8 Å². The summed E-state index contributed by atoms with van der Waals surface area (Å²) in [6, 6.07) is 6.25. The Bertz CT molecular complexity index is 531. The van der Waals surface area contributed by atoms with Crippen LogP contribution in [0.15, 0.2) is 29.3 Å². The highest BCUT2D eigenvalue weighted by Crippen LogP contribution is 2.29. The number of hydrogen-bond donors (Lipinski definition) is 1. The van der Waals surface area contributed by atoms with Crippen molar-refractivity contribution in [2.45, 2.75) is 25.7 Å². The molecule has 1 saturated carbocycles. The van der Waals surface area contributed by atoms with E-state index < -0.39 is 10.9 Å². The highest BCUT2D eigenvalue weighted by molar-refractivity contribution is 5.79. The second kappa shape index (κ2) is 6.97. The van der Waals surface area contributed by atoms with E-state index in [0.717, 1.165) is 31.2 Å². The summed E-state index contributed by atoms with van der Waals surface area (Å²) >= 11 is 0. The summed E-state index contributed by atoms with van der Waals surface area (Å²) in [5, 5.41) is 19.5. The molecule has 1 aliphatic carbocycles. The number of nitro groups is 1. The Morgan fingerprint density at radius 2 is 1.90 bits per heavy atom. The minimum atomic E-state index is -0.692. The summed E-state index contributed by atoms with van der Waals surface area (Å²) in [6.07, 6.45) is 4.97. The first-order valence-electron chi connectivity index (χ1n) is 7.03. The van der Waals surface area contributed by atoms with E-state index >= 15 is 0 Å². The van der Waals surface area contributed by atoms with E-state index in [9.17, 15) is 14.9 Å². The third-order valence-corrected chi connectivity index (χ3v) is 3.90. The number of aliphatic carboxylic acids is 1. The number of benzene rings is 1. The van der Waals surface area contributed by atoms with Gasteiger partial charge in [0.05, 0.1) is 10.8 Å². The number of carboxylic acids is 1. The fourth-order valence-corrected chi connectivity index (χ4v) is 2.58. The van der Waals surface area contributed by atoms with E-state index in [2.05, 4.69) is 4.99 Å². The van der Waals surface area contributed by atoms with Gasteiger partial charge in [-0.3, -0.25) is 19.9 Å². The van der Waals surface area contributed by atoms with Crippen molar-refractivity contribution in [1.82, 2.24) is 0 Å². The zero-order chi connectivity index (χ0) is 15.2. The second-order valence-electron chi connectivity index (χ2n) is 5.40. The van der Waals surface area contributed by atoms with Gasteiger partial charge >= 0.3 is 5.97 Å². The Morgan fingerprint density at radius 3 is 2.43 bits per heavy atom. The van der Waals surface area contributed by atoms with Crippen LogP contribution in [0.5, 0.6) is 0 Å². The van der Waals surface area contributed by atoms with Gasteiger partial charge in [0, 0.05) is 24.9 Å². The monoisotopic (exact) mass is 290 g/mol. The van der Waals surface area contributed by atoms with Crippen LogP contribution in [-0.2, 0) is 4.79 Å². The van der Waals surface area contributed by atoms with Crippen molar-refractivity contribution in [1.29, 1.82) is 0 Å². The van der Waals surface area contributed by atoms with Gasteiger partial charge in [-0.1, -0.05) is 0 Å². The summed E-state index contributed by atoms with van der Waals surface area (Å²) in [5.41, 5.74) is 0.902. The number of nitro benzene ring substituents is 1. The molecule has 21 heavy (non-hydrogen) atoms. The summed E-state index contributed by atoms with van der Waals surface area (Å²) in [6.45, 7) is 0.684. The van der Waals surface area contributed by atoms with E-state index in [4.69, 9.17) is 5.11 Å². The topological polar surface area (TPSA) is 92.8 Å². The molecule has 0 atom stereocenters. The number of aliphatic imine (C=N–C) groups is 1. The van der Waals surface area contributed by atoms with E-state index in [1.54, 1.807) is 18.3 Å². The SMILES string of the molecule is O=C(O)C1CCC(CN=Cc2ccc([N+](=O)[O-])cc2)CC1. The molecule has 1 aromatic rings. The summed E-state index contributed by atoms with van der Waals surface area (Å²) in [4.78, 5) is 25.3. The predicted molar refractivity (Wildman–Crippen MR) is 78.6 cm³/mol. The number of nitrogens with zero attached hydrogens (tertiary/aromatic N) is 2. The predicted octanol–water partition coefficient (Wildman–Crippen LogP) is 2.90. The van der Waals surface area contributed by atoms with Crippen LogP contribution in [0, 0.1) is 22.0 Å². The fraction of sp³-hybridized carbons (Fsp3) is 0.467. The van der Waals surface area contributed by atoms with Crippen molar-refractivity contribution in [3.63, 3.8) is 0 Å². The van der Waals surface area contributed by atoms with Crippen LogP contribution in [0.2, 0.25) is 0 Å². The first kappa shape index (κ1) is 15.2. The number of carboxylic acid groups (broad SMARTS) is 1. The summed E-state index contributed by atoms with van der Waals surface area (Å²) in [7, 11) is 0. The molecule has 1 N–H and O–H groups in total. The Balaban J connectivity index is 1.80. The minimum Gasteiger partial charge on any atom is -0.481 e. The number of carbonyl (C=O) groups is 1.